The van der Waals surface area contributed by atoms with E-state index in [1.54, 1.807) is 0 Å². The minimum atomic E-state index is -2.28. The van der Waals surface area contributed by atoms with Crippen LogP contribution in [0.5, 0.6) is 0 Å². The summed E-state index contributed by atoms with van der Waals surface area (Å²) in [6.45, 7) is 9.94. The third kappa shape index (κ3) is 11.2. The van der Waals surface area contributed by atoms with E-state index in [1.165, 1.54) is 0 Å². The molecule has 0 saturated carbocycles. The fraction of sp³-hybridized carbons (Fsp3) is 1.00. The van der Waals surface area contributed by atoms with Crippen molar-refractivity contribution in [3.8, 4) is 0 Å². The van der Waals surface area contributed by atoms with Gasteiger partial charge in [0.05, 0.1) is 13.2 Å². The summed E-state index contributed by atoms with van der Waals surface area (Å²) < 4.78 is 11.0. The van der Waals surface area contributed by atoms with Gasteiger partial charge < -0.3 is 9.05 Å². The number of rotatable bonds is 8. The molecule has 0 N–H and O–H groups in total. The van der Waals surface area contributed by atoms with Gasteiger partial charge in [0.15, 0.2) is 0 Å². The van der Waals surface area contributed by atoms with Gasteiger partial charge in [0.25, 0.3) is 0 Å². The standard InChI is InChI=1S/C10H23O2PS2/c1-9(2)5-7-11-13(14,15)12-8-6-10(3)4/h9-10H,5-8H2,1-4H3,(H,14,15). The molecule has 0 bridgehead atoms. The molecular formula is C10H23O2PS2. The summed E-state index contributed by atoms with van der Waals surface area (Å²) in [4.78, 5) is 0. The van der Waals surface area contributed by atoms with Crippen LogP contribution < -0.4 is 0 Å². The van der Waals surface area contributed by atoms with Crippen molar-refractivity contribution in [2.45, 2.75) is 40.5 Å². The molecule has 0 fully saturated rings. The van der Waals surface area contributed by atoms with Crippen LogP contribution in [0.3, 0.4) is 0 Å². The van der Waals surface area contributed by atoms with Gasteiger partial charge in [-0.25, -0.2) is 0 Å². The summed E-state index contributed by atoms with van der Waals surface area (Å²) in [5.74, 6) is 1.26. The van der Waals surface area contributed by atoms with Gasteiger partial charge in [0, 0.05) is 0 Å². The Hall–Kier alpha value is 0.920. The Kier molecular flexibility index (Phi) is 8.57. The minimum absolute atomic E-state index is 0.629. The van der Waals surface area contributed by atoms with Crippen LogP contribution in [0.4, 0.5) is 0 Å². The molecular weight excluding hydrogens is 247 g/mol. The van der Waals surface area contributed by atoms with Crippen LogP contribution in [-0.4, -0.2) is 13.2 Å². The lowest BCUT2D eigenvalue weighted by Crippen LogP contribution is -2.00. The molecule has 0 atom stereocenters. The highest BCUT2D eigenvalue weighted by Crippen LogP contribution is 2.53. The first kappa shape index (κ1) is 15.9. The van der Waals surface area contributed by atoms with Crippen molar-refractivity contribution in [2.75, 3.05) is 13.2 Å². The second kappa shape index (κ2) is 8.08. The monoisotopic (exact) mass is 270 g/mol. The second-order valence-electron chi connectivity index (χ2n) is 4.50. The van der Waals surface area contributed by atoms with E-state index in [9.17, 15) is 0 Å². The fourth-order valence-electron chi connectivity index (χ4n) is 0.845. The van der Waals surface area contributed by atoms with Crippen molar-refractivity contribution in [2.24, 2.45) is 11.8 Å². The topological polar surface area (TPSA) is 18.5 Å². The molecule has 0 amide bonds. The highest BCUT2D eigenvalue weighted by atomic mass is 32.9. The van der Waals surface area contributed by atoms with E-state index in [0.29, 0.717) is 25.0 Å². The molecule has 0 aliphatic heterocycles. The molecule has 0 rings (SSSR count). The first-order chi connectivity index (χ1) is 6.83. The van der Waals surface area contributed by atoms with Gasteiger partial charge in [-0.1, -0.05) is 39.9 Å². The third-order valence-electron chi connectivity index (χ3n) is 1.90. The summed E-state index contributed by atoms with van der Waals surface area (Å²) in [6.07, 6.45) is 2.01. The highest BCUT2D eigenvalue weighted by Gasteiger charge is 2.13. The first-order valence-corrected chi connectivity index (χ1v) is 9.24. The maximum Gasteiger partial charge on any atom is 0.244 e. The molecule has 0 aromatic heterocycles. The molecule has 0 heterocycles. The Morgan fingerprint density at radius 3 is 1.60 bits per heavy atom. The summed E-state index contributed by atoms with van der Waals surface area (Å²) in [7, 11) is 0. The molecule has 5 heteroatoms. The molecule has 92 valence electrons. The predicted molar refractivity (Wildman–Crippen MR) is 74.1 cm³/mol. The van der Waals surface area contributed by atoms with Crippen LogP contribution in [-0.2, 0) is 20.9 Å². The van der Waals surface area contributed by atoms with Gasteiger partial charge in [0.1, 0.15) is 0 Å². The van der Waals surface area contributed by atoms with Crippen molar-refractivity contribution >= 4 is 29.7 Å². The molecule has 0 unspecified atom stereocenters. The van der Waals surface area contributed by atoms with Crippen molar-refractivity contribution < 1.29 is 9.05 Å². The molecule has 0 aromatic rings. The van der Waals surface area contributed by atoms with Crippen LogP contribution in [0.25, 0.3) is 0 Å². The summed E-state index contributed by atoms with van der Waals surface area (Å²) in [5.41, 5.74) is -2.28. The van der Waals surface area contributed by atoms with Crippen molar-refractivity contribution in [1.82, 2.24) is 0 Å². The molecule has 15 heavy (non-hydrogen) atoms. The number of hydrogen-bond donors (Lipinski definition) is 1. The smallest absolute Gasteiger partial charge is 0.244 e. The summed E-state index contributed by atoms with van der Waals surface area (Å²) >= 11 is 9.45. The van der Waals surface area contributed by atoms with Crippen LogP contribution in [0, 0.1) is 11.8 Å². The molecule has 0 aromatic carbocycles. The zero-order chi connectivity index (χ0) is 11.9. The first-order valence-electron chi connectivity index (χ1n) is 5.45. The van der Waals surface area contributed by atoms with Crippen molar-refractivity contribution in [3.05, 3.63) is 0 Å². The van der Waals surface area contributed by atoms with Crippen LogP contribution in [0.2, 0.25) is 0 Å². The average Bonchev–Trinajstić information content (AvgIpc) is 2.01. The summed E-state index contributed by atoms with van der Waals surface area (Å²) in [6, 6.07) is 0. The Morgan fingerprint density at radius 2 is 1.33 bits per heavy atom. The summed E-state index contributed by atoms with van der Waals surface area (Å²) in [5, 5.41) is 0. The Bertz CT molecular complexity index is 190. The van der Waals surface area contributed by atoms with E-state index >= 15 is 0 Å². The van der Waals surface area contributed by atoms with Gasteiger partial charge >= 0.3 is 0 Å². The largest absolute Gasteiger partial charge is 0.322 e. The molecule has 0 aliphatic rings. The lowest BCUT2D eigenvalue weighted by atomic mass is 10.2. The zero-order valence-corrected chi connectivity index (χ0v) is 12.7. The lowest BCUT2D eigenvalue weighted by Gasteiger charge is -2.17. The van der Waals surface area contributed by atoms with Crippen LogP contribution in [0.1, 0.15) is 40.5 Å². The van der Waals surface area contributed by atoms with E-state index < -0.39 is 5.69 Å². The van der Waals surface area contributed by atoms with Gasteiger partial charge in [0.2, 0.25) is 5.69 Å². The number of thiol groups is 1. The molecule has 2 nitrogen and oxygen atoms in total. The second-order valence-corrected chi connectivity index (χ2v) is 9.79. The fourth-order valence-corrected chi connectivity index (χ4v) is 2.53. The Labute approximate surface area is 104 Å². The molecule has 0 radical (unpaired) electrons. The maximum atomic E-state index is 5.49. The molecule has 0 spiro atoms. The zero-order valence-electron chi connectivity index (χ0n) is 10.1. The van der Waals surface area contributed by atoms with E-state index in [4.69, 9.17) is 20.9 Å². The number of hydrogen-bond acceptors (Lipinski definition) is 3. The third-order valence-corrected chi connectivity index (χ3v) is 4.24. The van der Waals surface area contributed by atoms with Gasteiger partial charge in [-0.3, -0.25) is 0 Å². The van der Waals surface area contributed by atoms with E-state index in [2.05, 4.69) is 39.9 Å². The highest BCUT2D eigenvalue weighted by molar-refractivity contribution is 8.60. The van der Waals surface area contributed by atoms with E-state index in [-0.39, 0.29) is 0 Å². The Morgan fingerprint density at radius 1 is 1.00 bits per heavy atom. The van der Waals surface area contributed by atoms with Crippen LogP contribution >= 0.6 is 17.9 Å². The lowest BCUT2D eigenvalue weighted by molar-refractivity contribution is 0.238. The minimum Gasteiger partial charge on any atom is -0.322 e. The van der Waals surface area contributed by atoms with Gasteiger partial charge in [-0.05, 0) is 36.5 Å². The average molecular weight is 270 g/mol. The normalized spacial score (nSPS) is 12.7. The van der Waals surface area contributed by atoms with Crippen LogP contribution in [0.15, 0.2) is 0 Å². The van der Waals surface area contributed by atoms with Gasteiger partial charge in [-0.2, -0.15) is 0 Å². The SMILES string of the molecule is CC(C)CCOP(=S)(S)OCCC(C)C. The molecule has 0 aliphatic carbocycles. The predicted octanol–water partition coefficient (Wildman–Crippen LogP) is 4.27. The molecule has 0 saturated heterocycles. The van der Waals surface area contributed by atoms with Gasteiger partial charge in [-0.15, -0.1) is 0 Å². The van der Waals surface area contributed by atoms with E-state index in [1.807, 2.05) is 0 Å². The van der Waals surface area contributed by atoms with E-state index in [0.717, 1.165) is 12.8 Å². The Balaban J connectivity index is 3.63. The van der Waals surface area contributed by atoms with Crippen molar-refractivity contribution in [3.63, 3.8) is 0 Å². The quantitative estimate of drug-likeness (QED) is 0.525. The maximum absolute atomic E-state index is 5.49. The van der Waals surface area contributed by atoms with Crippen molar-refractivity contribution in [1.29, 1.82) is 0 Å².